The molecule has 27 heavy (non-hydrogen) atoms. The Kier molecular flexibility index (Phi) is 6.55. The first kappa shape index (κ1) is 19.9. The molecule has 1 saturated heterocycles. The van der Waals surface area contributed by atoms with Crippen LogP contribution in [-0.4, -0.2) is 50.0 Å². The monoisotopic (exact) mass is 387 g/mol. The molecule has 7 heteroatoms. The Morgan fingerprint density at radius 2 is 1.81 bits per heavy atom. The lowest BCUT2D eigenvalue weighted by atomic mass is 10.1. The molecule has 0 radical (unpaired) electrons. The van der Waals surface area contributed by atoms with E-state index in [-0.39, 0.29) is 11.4 Å². The Bertz CT molecular complexity index is 747. The van der Waals surface area contributed by atoms with Gasteiger partial charge in [0.15, 0.2) is 5.16 Å². The molecule has 1 aromatic carbocycles. The standard InChI is InChI=1S/C20H29N5OS/c1-20(2,3)21-18(26)15-27-19-23-22-17(14-24-11-7-8-12-24)25(19)13-16-9-5-4-6-10-16/h4-6,9-10H,7-8,11-15H2,1-3H3,(H,21,26). The summed E-state index contributed by atoms with van der Waals surface area (Å²) >= 11 is 1.45. The Morgan fingerprint density at radius 1 is 1.11 bits per heavy atom. The molecule has 1 aromatic heterocycles. The Balaban J connectivity index is 1.73. The van der Waals surface area contributed by atoms with Gasteiger partial charge in [-0.1, -0.05) is 42.1 Å². The van der Waals surface area contributed by atoms with Crippen molar-refractivity contribution in [1.82, 2.24) is 25.0 Å². The topological polar surface area (TPSA) is 63.1 Å². The highest BCUT2D eigenvalue weighted by molar-refractivity contribution is 7.99. The van der Waals surface area contributed by atoms with Crippen molar-refractivity contribution in [3.05, 3.63) is 41.7 Å². The van der Waals surface area contributed by atoms with Gasteiger partial charge in [-0.3, -0.25) is 9.69 Å². The molecule has 1 fully saturated rings. The molecule has 0 saturated carbocycles. The van der Waals surface area contributed by atoms with Crippen molar-refractivity contribution >= 4 is 17.7 Å². The lowest BCUT2D eigenvalue weighted by Crippen LogP contribution is -2.41. The van der Waals surface area contributed by atoms with Crippen LogP contribution in [0, 0.1) is 0 Å². The number of rotatable bonds is 7. The SMILES string of the molecule is CC(C)(C)NC(=O)CSc1nnc(CN2CCCC2)n1Cc1ccccc1. The lowest BCUT2D eigenvalue weighted by molar-refractivity contribution is -0.119. The van der Waals surface area contributed by atoms with Gasteiger partial charge >= 0.3 is 0 Å². The van der Waals surface area contributed by atoms with E-state index in [2.05, 4.69) is 37.1 Å². The van der Waals surface area contributed by atoms with Gasteiger partial charge < -0.3 is 9.88 Å². The maximum atomic E-state index is 12.2. The fourth-order valence-corrected chi connectivity index (χ4v) is 3.95. The second-order valence-corrected chi connectivity index (χ2v) is 8.98. The molecule has 1 N–H and O–H groups in total. The zero-order chi connectivity index (χ0) is 19.3. The molecular formula is C20H29N5OS. The maximum absolute atomic E-state index is 12.2. The van der Waals surface area contributed by atoms with Gasteiger partial charge in [0, 0.05) is 5.54 Å². The van der Waals surface area contributed by atoms with Crippen molar-refractivity contribution in [3.63, 3.8) is 0 Å². The number of nitrogens with zero attached hydrogens (tertiary/aromatic N) is 4. The van der Waals surface area contributed by atoms with E-state index in [1.807, 2.05) is 39.0 Å². The zero-order valence-electron chi connectivity index (χ0n) is 16.4. The summed E-state index contributed by atoms with van der Waals surface area (Å²) in [6, 6.07) is 10.3. The van der Waals surface area contributed by atoms with Crippen molar-refractivity contribution in [1.29, 1.82) is 0 Å². The molecule has 2 aromatic rings. The number of amides is 1. The second-order valence-electron chi connectivity index (χ2n) is 8.04. The van der Waals surface area contributed by atoms with Crippen LogP contribution in [0.2, 0.25) is 0 Å². The Labute approximate surface area is 165 Å². The third-order valence-electron chi connectivity index (χ3n) is 4.39. The lowest BCUT2D eigenvalue weighted by Gasteiger charge is -2.20. The number of benzene rings is 1. The van der Waals surface area contributed by atoms with E-state index in [1.54, 1.807) is 0 Å². The molecule has 146 valence electrons. The summed E-state index contributed by atoms with van der Waals surface area (Å²) in [5.41, 5.74) is 0.983. The first-order valence-corrected chi connectivity index (χ1v) is 10.5. The van der Waals surface area contributed by atoms with Gasteiger partial charge in [-0.15, -0.1) is 10.2 Å². The van der Waals surface area contributed by atoms with E-state index >= 15 is 0 Å². The fourth-order valence-electron chi connectivity index (χ4n) is 3.19. The van der Waals surface area contributed by atoms with Crippen LogP contribution >= 0.6 is 11.8 Å². The number of hydrogen-bond donors (Lipinski definition) is 1. The quantitative estimate of drug-likeness (QED) is 0.740. The van der Waals surface area contributed by atoms with Gasteiger partial charge in [0.2, 0.25) is 5.91 Å². The van der Waals surface area contributed by atoms with Gasteiger partial charge in [-0.2, -0.15) is 0 Å². The zero-order valence-corrected chi connectivity index (χ0v) is 17.3. The van der Waals surface area contributed by atoms with Crippen LogP contribution in [0.15, 0.2) is 35.5 Å². The van der Waals surface area contributed by atoms with Crippen molar-refractivity contribution in [3.8, 4) is 0 Å². The van der Waals surface area contributed by atoms with Crippen molar-refractivity contribution < 1.29 is 4.79 Å². The molecule has 0 bridgehead atoms. The fraction of sp³-hybridized carbons (Fsp3) is 0.550. The first-order chi connectivity index (χ1) is 12.9. The largest absolute Gasteiger partial charge is 0.351 e. The van der Waals surface area contributed by atoms with Crippen molar-refractivity contribution in [2.24, 2.45) is 0 Å². The second kappa shape index (κ2) is 8.89. The normalized spacial score (nSPS) is 15.2. The van der Waals surface area contributed by atoms with E-state index in [1.165, 1.54) is 30.2 Å². The molecule has 1 amide bonds. The number of nitrogens with one attached hydrogen (secondary N) is 1. The molecule has 0 atom stereocenters. The van der Waals surface area contributed by atoms with Gasteiger partial charge in [0.25, 0.3) is 0 Å². The smallest absolute Gasteiger partial charge is 0.230 e. The number of carbonyl (C=O) groups is 1. The average molecular weight is 388 g/mol. The first-order valence-electron chi connectivity index (χ1n) is 9.53. The van der Waals surface area contributed by atoms with Gasteiger partial charge in [-0.25, -0.2) is 0 Å². The molecular weight excluding hydrogens is 358 g/mol. The van der Waals surface area contributed by atoms with E-state index in [0.29, 0.717) is 5.75 Å². The third kappa shape index (κ3) is 6.07. The number of likely N-dealkylation sites (tertiary alicyclic amines) is 1. The minimum atomic E-state index is -0.226. The number of hydrogen-bond acceptors (Lipinski definition) is 5. The number of carbonyl (C=O) groups excluding carboxylic acids is 1. The number of thioether (sulfide) groups is 1. The summed E-state index contributed by atoms with van der Waals surface area (Å²) in [4.78, 5) is 14.6. The van der Waals surface area contributed by atoms with Crippen LogP contribution in [0.1, 0.15) is 45.0 Å². The van der Waals surface area contributed by atoms with Crippen molar-refractivity contribution in [2.45, 2.75) is 57.4 Å². The van der Waals surface area contributed by atoms with Crippen molar-refractivity contribution in [2.75, 3.05) is 18.8 Å². The maximum Gasteiger partial charge on any atom is 0.230 e. The van der Waals surface area contributed by atoms with Crippen LogP contribution in [-0.2, 0) is 17.9 Å². The van der Waals surface area contributed by atoms with Gasteiger partial charge in [0.1, 0.15) is 5.82 Å². The molecule has 2 heterocycles. The molecule has 1 aliphatic heterocycles. The molecule has 0 spiro atoms. The van der Waals surface area contributed by atoms with Gasteiger partial charge in [0.05, 0.1) is 18.8 Å². The highest BCUT2D eigenvalue weighted by atomic mass is 32.2. The minimum absolute atomic E-state index is 0.0165. The van der Waals surface area contributed by atoms with Crippen LogP contribution in [0.5, 0.6) is 0 Å². The van der Waals surface area contributed by atoms with E-state index < -0.39 is 0 Å². The predicted molar refractivity (Wildman–Crippen MR) is 109 cm³/mol. The van der Waals surface area contributed by atoms with E-state index in [9.17, 15) is 4.79 Å². The summed E-state index contributed by atoms with van der Waals surface area (Å²) in [5, 5.41) is 12.6. The summed E-state index contributed by atoms with van der Waals surface area (Å²) < 4.78 is 2.16. The third-order valence-corrected chi connectivity index (χ3v) is 5.35. The number of aromatic nitrogens is 3. The molecule has 6 nitrogen and oxygen atoms in total. The minimum Gasteiger partial charge on any atom is -0.351 e. The van der Waals surface area contributed by atoms with Crippen LogP contribution in [0.25, 0.3) is 0 Å². The van der Waals surface area contributed by atoms with Crippen LogP contribution < -0.4 is 5.32 Å². The molecule has 0 aliphatic carbocycles. The van der Waals surface area contributed by atoms with E-state index in [0.717, 1.165) is 37.2 Å². The summed E-state index contributed by atoms with van der Waals surface area (Å²) in [5.74, 6) is 1.33. The summed E-state index contributed by atoms with van der Waals surface area (Å²) in [6.07, 6.45) is 2.50. The van der Waals surface area contributed by atoms with Gasteiger partial charge in [-0.05, 0) is 52.3 Å². The van der Waals surface area contributed by atoms with Crippen LogP contribution in [0.4, 0.5) is 0 Å². The Morgan fingerprint density at radius 3 is 2.48 bits per heavy atom. The summed E-state index contributed by atoms with van der Waals surface area (Å²) in [6.45, 7) is 9.74. The highest BCUT2D eigenvalue weighted by Crippen LogP contribution is 2.21. The predicted octanol–water partition coefficient (Wildman–Crippen LogP) is 2.93. The Hall–Kier alpha value is -1.86. The molecule has 0 unspecified atom stereocenters. The van der Waals surface area contributed by atoms with E-state index in [4.69, 9.17) is 0 Å². The average Bonchev–Trinajstić information content (AvgIpc) is 3.24. The van der Waals surface area contributed by atoms with Crippen LogP contribution in [0.3, 0.4) is 0 Å². The highest BCUT2D eigenvalue weighted by Gasteiger charge is 2.20. The molecule has 1 aliphatic rings. The summed E-state index contributed by atoms with van der Waals surface area (Å²) in [7, 11) is 0. The molecule has 3 rings (SSSR count).